The van der Waals surface area contributed by atoms with Crippen LogP contribution in [0.4, 0.5) is 5.69 Å². The molecule has 0 aliphatic carbocycles. The third-order valence-corrected chi connectivity index (χ3v) is 5.46. The topological polar surface area (TPSA) is 49.8 Å². The number of phenols is 1. The molecule has 1 aliphatic rings. The van der Waals surface area contributed by atoms with E-state index in [1.807, 2.05) is 44.2 Å². The van der Waals surface area contributed by atoms with E-state index in [4.69, 9.17) is 4.74 Å². The van der Waals surface area contributed by atoms with Crippen LogP contribution in [-0.4, -0.2) is 23.7 Å². The van der Waals surface area contributed by atoms with Gasteiger partial charge in [0.1, 0.15) is 5.75 Å². The molecule has 158 valence electrons. The van der Waals surface area contributed by atoms with Crippen LogP contribution in [0.2, 0.25) is 0 Å². The Kier molecular flexibility index (Phi) is 6.08. The largest absolute Gasteiger partial charge is 0.508 e. The number of anilines is 1. The second-order valence-corrected chi connectivity index (χ2v) is 8.05. The van der Waals surface area contributed by atoms with Gasteiger partial charge in [-0.2, -0.15) is 0 Å². The number of fused-ring (bicyclic) bond motifs is 1. The van der Waals surface area contributed by atoms with Crippen LogP contribution in [-0.2, 0) is 16.0 Å². The van der Waals surface area contributed by atoms with Crippen molar-refractivity contribution in [1.29, 1.82) is 0 Å². The molecule has 1 N–H and O–H groups in total. The third kappa shape index (κ3) is 4.80. The Morgan fingerprint density at radius 2 is 1.81 bits per heavy atom. The first-order valence-corrected chi connectivity index (χ1v) is 10.6. The van der Waals surface area contributed by atoms with E-state index < -0.39 is 0 Å². The summed E-state index contributed by atoms with van der Waals surface area (Å²) in [5.41, 5.74) is 5.66. The van der Waals surface area contributed by atoms with Crippen molar-refractivity contribution in [2.24, 2.45) is 0 Å². The number of ether oxygens (including phenoxy) is 1. The average Bonchev–Trinajstić information content (AvgIpc) is 2.77. The predicted octanol–water partition coefficient (Wildman–Crippen LogP) is 5.51. The first-order valence-electron chi connectivity index (χ1n) is 10.6. The number of phenolic OH excluding ortho intramolecular Hbond substituents is 1. The van der Waals surface area contributed by atoms with E-state index in [0.717, 1.165) is 24.1 Å². The molecule has 0 saturated heterocycles. The number of nitrogens with zero attached hydrogens (tertiary/aromatic N) is 1. The fourth-order valence-corrected chi connectivity index (χ4v) is 4.10. The average molecular weight is 414 g/mol. The van der Waals surface area contributed by atoms with Crippen LogP contribution in [0.25, 0.3) is 6.08 Å². The van der Waals surface area contributed by atoms with Gasteiger partial charge in [-0.25, -0.2) is 4.79 Å². The molecular weight excluding hydrogens is 386 g/mol. The number of benzene rings is 3. The maximum absolute atomic E-state index is 11.8. The molecule has 1 unspecified atom stereocenters. The van der Waals surface area contributed by atoms with Crippen LogP contribution in [0.5, 0.6) is 5.75 Å². The smallest absolute Gasteiger partial charge is 0.331 e. The maximum Gasteiger partial charge on any atom is 0.331 e. The van der Waals surface area contributed by atoms with Gasteiger partial charge in [-0.1, -0.05) is 48.5 Å². The fraction of sp³-hybridized carbons (Fsp3) is 0.222. The van der Waals surface area contributed by atoms with Crippen molar-refractivity contribution in [2.75, 3.05) is 11.4 Å². The summed E-state index contributed by atoms with van der Waals surface area (Å²) in [6.45, 7) is 4.54. The first kappa shape index (κ1) is 20.7. The van der Waals surface area contributed by atoms with Crippen LogP contribution < -0.4 is 4.90 Å². The van der Waals surface area contributed by atoms with Crippen LogP contribution in [0.3, 0.4) is 0 Å². The number of para-hydroxylation sites is 1. The number of rotatable bonds is 5. The van der Waals surface area contributed by atoms with E-state index >= 15 is 0 Å². The zero-order chi connectivity index (χ0) is 21.8. The molecule has 0 bridgehead atoms. The number of carbonyl (C=O) groups excluding carboxylic acids is 1. The van der Waals surface area contributed by atoms with E-state index in [0.29, 0.717) is 5.75 Å². The van der Waals surface area contributed by atoms with E-state index in [1.165, 1.54) is 22.9 Å². The van der Waals surface area contributed by atoms with Gasteiger partial charge < -0.3 is 14.7 Å². The Balaban J connectivity index is 1.66. The minimum absolute atomic E-state index is 0.0516. The van der Waals surface area contributed by atoms with E-state index in [-0.39, 0.29) is 18.1 Å². The second kappa shape index (κ2) is 9.09. The van der Waals surface area contributed by atoms with Gasteiger partial charge in [0.15, 0.2) is 0 Å². The molecule has 4 rings (SSSR count). The molecule has 0 radical (unpaired) electrons. The zero-order valence-corrected chi connectivity index (χ0v) is 17.9. The molecule has 1 aliphatic heterocycles. The summed E-state index contributed by atoms with van der Waals surface area (Å²) in [6, 6.07) is 24.4. The van der Waals surface area contributed by atoms with E-state index in [1.54, 1.807) is 12.1 Å². The number of esters is 1. The maximum atomic E-state index is 11.8. The molecule has 4 nitrogen and oxygen atoms in total. The van der Waals surface area contributed by atoms with Crippen LogP contribution in [0.1, 0.15) is 42.1 Å². The fourth-order valence-electron chi connectivity index (χ4n) is 4.10. The highest BCUT2D eigenvalue weighted by molar-refractivity contribution is 5.87. The molecule has 1 atom stereocenters. The molecule has 4 heteroatoms. The first-order chi connectivity index (χ1) is 15.0. The molecular formula is C27H27NO3. The molecule has 1 heterocycles. The van der Waals surface area contributed by atoms with Gasteiger partial charge in [0.25, 0.3) is 0 Å². The lowest BCUT2D eigenvalue weighted by Gasteiger charge is -2.39. The Morgan fingerprint density at radius 3 is 2.52 bits per heavy atom. The van der Waals surface area contributed by atoms with E-state index in [2.05, 4.69) is 41.3 Å². The molecule has 3 aromatic rings. The Morgan fingerprint density at radius 1 is 1.06 bits per heavy atom. The summed E-state index contributed by atoms with van der Waals surface area (Å²) < 4.78 is 5.15. The predicted molar refractivity (Wildman–Crippen MR) is 124 cm³/mol. The Labute approximate surface area is 183 Å². The molecule has 0 spiro atoms. The van der Waals surface area contributed by atoms with Crippen molar-refractivity contribution in [3.05, 3.63) is 101 Å². The van der Waals surface area contributed by atoms with Crippen LogP contribution >= 0.6 is 0 Å². The summed E-state index contributed by atoms with van der Waals surface area (Å²) in [5, 5.41) is 9.96. The molecule has 0 amide bonds. The molecule has 0 saturated carbocycles. The molecule has 31 heavy (non-hydrogen) atoms. The van der Waals surface area contributed by atoms with Crippen LogP contribution in [0.15, 0.2) is 78.9 Å². The number of hydrogen-bond acceptors (Lipinski definition) is 4. The molecule has 3 aromatic carbocycles. The van der Waals surface area contributed by atoms with Crippen molar-refractivity contribution in [3.8, 4) is 5.75 Å². The highest BCUT2D eigenvalue weighted by Crippen LogP contribution is 2.39. The molecule has 0 aromatic heterocycles. The lowest BCUT2D eigenvalue weighted by atomic mass is 9.87. The van der Waals surface area contributed by atoms with Crippen molar-refractivity contribution in [1.82, 2.24) is 0 Å². The molecule has 0 fully saturated rings. The van der Waals surface area contributed by atoms with Crippen LogP contribution in [0, 0.1) is 0 Å². The highest BCUT2D eigenvalue weighted by Gasteiger charge is 2.29. The van der Waals surface area contributed by atoms with Gasteiger partial charge in [-0.05, 0) is 72.9 Å². The van der Waals surface area contributed by atoms with Gasteiger partial charge in [0.2, 0.25) is 0 Å². The van der Waals surface area contributed by atoms with Gasteiger partial charge in [-0.3, -0.25) is 0 Å². The third-order valence-electron chi connectivity index (χ3n) is 5.46. The summed E-state index contributed by atoms with van der Waals surface area (Å²) >= 11 is 0. The highest BCUT2D eigenvalue weighted by atomic mass is 16.5. The van der Waals surface area contributed by atoms with Crippen molar-refractivity contribution in [2.45, 2.75) is 32.4 Å². The minimum atomic E-state index is -0.338. The zero-order valence-electron chi connectivity index (χ0n) is 17.9. The van der Waals surface area contributed by atoms with Gasteiger partial charge in [0.05, 0.1) is 12.1 Å². The van der Waals surface area contributed by atoms with Crippen molar-refractivity contribution in [3.63, 3.8) is 0 Å². The summed E-state index contributed by atoms with van der Waals surface area (Å²) in [4.78, 5) is 14.2. The van der Waals surface area contributed by atoms with Gasteiger partial charge in [-0.15, -0.1) is 0 Å². The lowest BCUT2D eigenvalue weighted by Crippen LogP contribution is -2.36. The van der Waals surface area contributed by atoms with Crippen molar-refractivity contribution >= 4 is 17.7 Å². The van der Waals surface area contributed by atoms with Crippen molar-refractivity contribution < 1.29 is 14.6 Å². The summed E-state index contributed by atoms with van der Waals surface area (Å²) in [7, 11) is 0. The quantitative estimate of drug-likeness (QED) is 0.443. The summed E-state index contributed by atoms with van der Waals surface area (Å²) in [5.74, 6) is -0.0326. The minimum Gasteiger partial charge on any atom is -0.508 e. The Bertz CT molecular complexity index is 1070. The van der Waals surface area contributed by atoms with Gasteiger partial charge >= 0.3 is 5.97 Å². The normalized spacial score (nSPS) is 15.8. The standard InChI is InChI=1S/C27H27NO3/c1-19(2)31-26(30)15-10-20-8-11-21(12-9-20)27-25-14-13-24(29)18-22(25)16-17-28(27)23-6-4-3-5-7-23/h3-15,18-19,27,29H,16-17H2,1-2H3/b15-10+. The second-order valence-electron chi connectivity index (χ2n) is 8.05. The monoisotopic (exact) mass is 413 g/mol. The summed E-state index contributed by atoms with van der Waals surface area (Å²) in [6.07, 6.45) is 3.99. The lowest BCUT2D eigenvalue weighted by molar-refractivity contribution is -0.141. The SMILES string of the molecule is CC(C)OC(=O)/C=C/c1ccc(C2c3ccc(O)cc3CCN2c2ccccc2)cc1. The number of aromatic hydroxyl groups is 1. The van der Waals surface area contributed by atoms with E-state index in [9.17, 15) is 9.90 Å². The number of carbonyl (C=O) groups is 1. The van der Waals surface area contributed by atoms with Gasteiger partial charge in [0, 0.05) is 18.3 Å². The number of hydrogen-bond donors (Lipinski definition) is 1. The Hall–Kier alpha value is -3.53.